The maximum atomic E-state index is 15.3. The van der Waals surface area contributed by atoms with Gasteiger partial charge in [-0.3, -0.25) is 4.79 Å². The highest BCUT2D eigenvalue weighted by Crippen LogP contribution is 2.80. The van der Waals surface area contributed by atoms with Crippen molar-refractivity contribution in [3.63, 3.8) is 0 Å². The average molecular weight is 716 g/mol. The molecule has 2 heterocycles. The second-order valence-corrected chi connectivity index (χ2v) is 16.3. The molecule has 0 aromatic heterocycles. The van der Waals surface area contributed by atoms with Crippen molar-refractivity contribution in [1.29, 1.82) is 0 Å². The summed E-state index contributed by atoms with van der Waals surface area (Å²) in [5.41, 5.74) is -0.249. The number of carbonyl (C=O) groups is 2. The van der Waals surface area contributed by atoms with Crippen molar-refractivity contribution in [2.45, 2.75) is 83.9 Å². The summed E-state index contributed by atoms with van der Waals surface area (Å²) in [5, 5.41) is 0. The quantitative estimate of drug-likeness (QED) is 0.148. The minimum atomic E-state index is -1.24. The Bertz CT molecular complexity index is 1710. The number of carbonyl (C=O) groups excluding carboxylic acids is 2. The number of hydrogen-bond acceptors (Lipinski definition) is 10. The van der Waals surface area contributed by atoms with E-state index < -0.39 is 16.4 Å². The molecule has 280 valence electrons. The first-order valence-electron chi connectivity index (χ1n) is 19.1. The zero-order valence-electron chi connectivity index (χ0n) is 31.3. The maximum Gasteiger partial charge on any atom is 0.320 e. The van der Waals surface area contributed by atoms with Crippen LogP contribution in [0.4, 0.5) is 5.69 Å². The van der Waals surface area contributed by atoms with Gasteiger partial charge < -0.3 is 42.9 Å². The van der Waals surface area contributed by atoms with Crippen molar-refractivity contribution >= 4 is 17.9 Å². The molecule has 0 radical (unpaired) electrons. The third-order valence-electron chi connectivity index (χ3n) is 13.7. The number of nitrogens with zero attached hydrogens (tertiary/aromatic N) is 1. The van der Waals surface area contributed by atoms with Crippen LogP contribution in [-0.4, -0.2) is 76.9 Å². The van der Waals surface area contributed by atoms with Crippen LogP contribution in [0.5, 0.6) is 17.2 Å². The zero-order chi connectivity index (χ0) is 36.4. The summed E-state index contributed by atoms with van der Waals surface area (Å²) in [6.07, 6.45) is 5.97. The Morgan fingerprint density at radius 3 is 2.54 bits per heavy atom. The third-order valence-corrected chi connectivity index (χ3v) is 13.7. The van der Waals surface area contributed by atoms with Crippen LogP contribution in [0.2, 0.25) is 0 Å². The summed E-state index contributed by atoms with van der Waals surface area (Å²) in [4.78, 5) is 31.4. The van der Waals surface area contributed by atoms with Gasteiger partial charge in [-0.1, -0.05) is 51.0 Å². The van der Waals surface area contributed by atoms with Crippen LogP contribution in [0, 0.1) is 40.4 Å². The molecule has 10 heteroatoms. The fourth-order valence-corrected chi connectivity index (χ4v) is 11.3. The summed E-state index contributed by atoms with van der Waals surface area (Å²) in [6, 6.07) is 13.5. The van der Waals surface area contributed by atoms with E-state index in [4.69, 9.17) is 33.2 Å². The monoisotopic (exact) mass is 715 g/mol. The van der Waals surface area contributed by atoms with E-state index in [1.54, 1.807) is 14.2 Å². The lowest BCUT2D eigenvalue weighted by atomic mass is 9.45. The first kappa shape index (κ1) is 35.4. The fourth-order valence-electron chi connectivity index (χ4n) is 11.3. The number of rotatable bonds is 11. The smallest absolute Gasteiger partial charge is 0.320 e. The van der Waals surface area contributed by atoms with Crippen LogP contribution in [0.15, 0.2) is 54.1 Å². The fraction of sp³-hybridized carbons (Fsp3) is 0.619. The SMILES string of the molecule is COc1ccc(COC(=O)[C@@]23C(C(C)C)=C[C@H]4C[C@]2(C=O)[C@@H]2CC[C@@H](C)[C@H]2C[C@]43OC[C@H]2CN(c3ccc4c(c3)OCO4)C[C@H](OC)[C@@H](C)O2)cc1. The molecule has 10 nitrogen and oxygen atoms in total. The Kier molecular flexibility index (Phi) is 9.10. The van der Waals surface area contributed by atoms with Crippen LogP contribution < -0.4 is 19.1 Å². The predicted molar refractivity (Wildman–Crippen MR) is 193 cm³/mol. The molecular formula is C42H53NO9. The Balaban J connectivity index is 1.15. The standard InChI is InChI=1S/C42H53NO9/c1-25(2)35-15-29-17-40(23-44)34-13-7-26(3)33(34)18-41(29,42(35,40)39(45)48-21-28-8-11-31(46-5)12-9-28)51-22-32-19-43(20-38(47-6)27(4)52-32)30-10-14-36-37(16-30)50-24-49-36/h8-12,14-16,23,25-27,29,32-34,38H,7,13,17-22,24H2,1-6H3/t26-,27-,29+,32-,33-,34-,38+,40+,41+,42+/m1/s1. The highest BCUT2D eigenvalue weighted by atomic mass is 16.7. The molecule has 8 rings (SSSR count). The molecule has 1 saturated heterocycles. The lowest BCUT2D eigenvalue weighted by molar-refractivity contribution is -0.222. The highest BCUT2D eigenvalue weighted by molar-refractivity contribution is 5.92. The van der Waals surface area contributed by atoms with E-state index in [1.807, 2.05) is 49.4 Å². The van der Waals surface area contributed by atoms with Crippen molar-refractivity contribution in [1.82, 2.24) is 0 Å². The molecule has 0 N–H and O–H groups in total. The molecule has 4 bridgehead atoms. The number of ether oxygens (including phenoxy) is 7. The van der Waals surface area contributed by atoms with Crippen molar-refractivity contribution in [2.24, 2.45) is 40.4 Å². The van der Waals surface area contributed by atoms with Crippen LogP contribution in [0.1, 0.15) is 58.9 Å². The highest BCUT2D eigenvalue weighted by Gasteiger charge is 2.85. The van der Waals surface area contributed by atoms with Crippen molar-refractivity contribution < 1.29 is 42.7 Å². The molecule has 2 aromatic rings. The van der Waals surface area contributed by atoms with Gasteiger partial charge in [0.2, 0.25) is 6.79 Å². The molecule has 2 aromatic carbocycles. The molecule has 4 aliphatic carbocycles. The van der Waals surface area contributed by atoms with E-state index in [9.17, 15) is 4.79 Å². The molecule has 0 spiro atoms. The number of aldehydes is 1. The van der Waals surface area contributed by atoms with Gasteiger partial charge in [-0.2, -0.15) is 0 Å². The molecule has 0 amide bonds. The third kappa shape index (κ3) is 5.14. The van der Waals surface area contributed by atoms with Gasteiger partial charge in [0.25, 0.3) is 0 Å². The Labute approximate surface area is 307 Å². The van der Waals surface area contributed by atoms with E-state index in [0.29, 0.717) is 37.6 Å². The summed E-state index contributed by atoms with van der Waals surface area (Å²) in [7, 11) is 3.35. The number of anilines is 1. The molecule has 52 heavy (non-hydrogen) atoms. The molecule has 3 saturated carbocycles. The molecule has 6 aliphatic rings. The van der Waals surface area contributed by atoms with Crippen LogP contribution in [0.25, 0.3) is 0 Å². The van der Waals surface area contributed by atoms with E-state index in [1.165, 1.54) is 0 Å². The molecular weight excluding hydrogens is 662 g/mol. The van der Waals surface area contributed by atoms with Gasteiger partial charge in [-0.05, 0) is 79.7 Å². The number of fused-ring (bicyclic) bond motifs is 3. The topological polar surface area (TPSA) is 102 Å². The number of methoxy groups -OCH3 is 2. The summed E-state index contributed by atoms with van der Waals surface area (Å²) >= 11 is 0. The minimum Gasteiger partial charge on any atom is -0.497 e. The number of hydrogen-bond donors (Lipinski definition) is 0. The summed E-state index contributed by atoms with van der Waals surface area (Å²) in [5.74, 6) is 2.56. The number of benzene rings is 2. The van der Waals surface area contributed by atoms with Gasteiger partial charge >= 0.3 is 5.97 Å². The Hall–Kier alpha value is -3.60. The summed E-state index contributed by atoms with van der Waals surface area (Å²) in [6.45, 7) is 10.3. The average Bonchev–Trinajstić information content (AvgIpc) is 3.86. The first-order chi connectivity index (χ1) is 25.1. The normalized spacial score (nSPS) is 37.1. The molecule has 0 unspecified atom stereocenters. The van der Waals surface area contributed by atoms with Gasteiger partial charge in [-0.15, -0.1) is 0 Å². The largest absolute Gasteiger partial charge is 0.497 e. The first-order valence-corrected chi connectivity index (χ1v) is 19.1. The zero-order valence-corrected chi connectivity index (χ0v) is 31.3. The predicted octanol–water partition coefficient (Wildman–Crippen LogP) is 6.39. The van der Waals surface area contributed by atoms with E-state index in [2.05, 4.69) is 31.7 Å². The molecule has 4 fully saturated rings. The lowest BCUT2D eigenvalue weighted by Crippen LogP contribution is -2.67. The summed E-state index contributed by atoms with van der Waals surface area (Å²) < 4.78 is 43.1. The second-order valence-electron chi connectivity index (χ2n) is 16.3. The van der Waals surface area contributed by atoms with Gasteiger partial charge in [0.05, 0.1) is 36.9 Å². The van der Waals surface area contributed by atoms with Gasteiger partial charge in [0, 0.05) is 37.9 Å². The lowest BCUT2D eigenvalue weighted by Gasteiger charge is -2.58. The molecule has 10 atom stereocenters. The van der Waals surface area contributed by atoms with Gasteiger partial charge in [0.1, 0.15) is 30.2 Å². The van der Waals surface area contributed by atoms with Gasteiger partial charge in [0.15, 0.2) is 11.5 Å². The van der Waals surface area contributed by atoms with Gasteiger partial charge in [-0.25, -0.2) is 0 Å². The Morgan fingerprint density at radius 2 is 1.81 bits per heavy atom. The Morgan fingerprint density at radius 1 is 1.02 bits per heavy atom. The van der Waals surface area contributed by atoms with Crippen LogP contribution in [0.3, 0.4) is 0 Å². The van der Waals surface area contributed by atoms with Crippen LogP contribution >= 0.6 is 0 Å². The van der Waals surface area contributed by atoms with E-state index >= 15 is 4.79 Å². The number of esters is 1. The van der Waals surface area contributed by atoms with E-state index in [-0.39, 0.29) is 68.0 Å². The van der Waals surface area contributed by atoms with E-state index in [0.717, 1.165) is 47.5 Å². The van der Waals surface area contributed by atoms with Crippen molar-refractivity contribution in [3.05, 3.63) is 59.7 Å². The minimum absolute atomic E-state index is 0.0228. The molecule has 2 aliphatic heterocycles. The van der Waals surface area contributed by atoms with Crippen LogP contribution in [-0.2, 0) is 35.1 Å². The maximum absolute atomic E-state index is 15.3. The second kappa shape index (κ2) is 13.4. The van der Waals surface area contributed by atoms with Crippen molar-refractivity contribution in [3.8, 4) is 17.2 Å². The van der Waals surface area contributed by atoms with Crippen molar-refractivity contribution in [2.75, 3.05) is 45.6 Å².